The van der Waals surface area contributed by atoms with Crippen molar-refractivity contribution in [2.24, 2.45) is 0 Å². The Balaban J connectivity index is 1.88. The number of rotatable bonds is 1. The smallest absolute Gasteiger partial charge is 0.163 e. The Bertz CT molecular complexity index is 761. The molecule has 5 nitrogen and oxygen atoms in total. The van der Waals surface area contributed by atoms with E-state index in [1.807, 2.05) is 23.5 Å². The van der Waals surface area contributed by atoms with E-state index in [1.54, 1.807) is 6.33 Å². The first kappa shape index (κ1) is 10.5. The maximum Gasteiger partial charge on any atom is 0.163 e. The third kappa shape index (κ3) is 1.51. The van der Waals surface area contributed by atoms with Gasteiger partial charge in [0.2, 0.25) is 0 Å². The number of nitrogens with zero attached hydrogens (tertiary/aromatic N) is 4. The normalized spacial score (nSPS) is 17.4. The van der Waals surface area contributed by atoms with Crippen molar-refractivity contribution in [2.75, 3.05) is 11.9 Å². The summed E-state index contributed by atoms with van der Waals surface area (Å²) in [6.45, 7) is 2.81. The van der Waals surface area contributed by atoms with Gasteiger partial charge in [0.05, 0.1) is 5.92 Å². The second kappa shape index (κ2) is 3.78. The number of aromatic nitrogens is 4. The molecule has 5 heteroatoms. The van der Waals surface area contributed by atoms with E-state index in [9.17, 15) is 0 Å². The molecule has 0 bridgehead atoms. The molecule has 0 spiro atoms. The lowest BCUT2D eigenvalue weighted by molar-refractivity contribution is 0.784. The van der Waals surface area contributed by atoms with Crippen molar-refractivity contribution in [2.45, 2.75) is 12.8 Å². The highest BCUT2D eigenvalue weighted by atomic mass is 15.3. The lowest BCUT2D eigenvalue weighted by Crippen LogP contribution is -2.08. The summed E-state index contributed by atoms with van der Waals surface area (Å²) in [5, 5.41) is 12.0. The molecular weight excluding hydrogens is 238 g/mol. The van der Waals surface area contributed by atoms with Crippen LogP contribution in [0.2, 0.25) is 0 Å². The summed E-state index contributed by atoms with van der Waals surface area (Å²) >= 11 is 0. The summed E-state index contributed by atoms with van der Waals surface area (Å²) in [5.41, 5.74) is 4.27. The maximum atomic E-state index is 4.35. The molecule has 19 heavy (non-hydrogen) atoms. The minimum atomic E-state index is 0.232. The van der Waals surface area contributed by atoms with Gasteiger partial charge in [-0.25, -0.2) is 4.98 Å². The highest BCUT2D eigenvalue weighted by Gasteiger charge is 2.27. The average molecular weight is 251 g/mol. The predicted molar refractivity (Wildman–Crippen MR) is 72.3 cm³/mol. The standard InChI is InChI=1S/C14H13N5/c1-9-6-13-17-18-14(19(13)8-16-9)11-7-15-12-5-3-2-4-10(11)12/h2-6,8,11,15H,7H2,1H3. The zero-order valence-corrected chi connectivity index (χ0v) is 10.5. The topological polar surface area (TPSA) is 55.1 Å². The third-order valence-corrected chi connectivity index (χ3v) is 3.61. The van der Waals surface area contributed by atoms with Crippen molar-refractivity contribution < 1.29 is 0 Å². The van der Waals surface area contributed by atoms with Crippen LogP contribution in [-0.2, 0) is 0 Å². The number of para-hydroxylation sites is 1. The Hall–Kier alpha value is -2.43. The summed E-state index contributed by atoms with van der Waals surface area (Å²) in [6.07, 6.45) is 1.81. The van der Waals surface area contributed by atoms with Crippen LogP contribution in [0.5, 0.6) is 0 Å². The number of benzene rings is 1. The molecule has 94 valence electrons. The Morgan fingerprint density at radius 1 is 1.26 bits per heavy atom. The van der Waals surface area contributed by atoms with Gasteiger partial charge in [0.25, 0.3) is 0 Å². The average Bonchev–Trinajstić information content (AvgIpc) is 3.01. The van der Waals surface area contributed by atoms with E-state index < -0.39 is 0 Å². The molecular formula is C14H13N5. The molecule has 1 atom stereocenters. The summed E-state index contributed by atoms with van der Waals surface area (Å²) < 4.78 is 1.97. The van der Waals surface area contributed by atoms with Gasteiger partial charge in [0.1, 0.15) is 12.2 Å². The van der Waals surface area contributed by atoms with Gasteiger partial charge in [-0.1, -0.05) is 18.2 Å². The number of fused-ring (bicyclic) bond motifs is 2. The molecule has 1 aliphatic rings. The van der Waals surface area contributed by atoms with Crippen molar-refractivity contribution in [1.29, 1.82) is 0 Å². The predicted octanol–water partition coefficient (Wildman–Crippen LogP) is 1.99. The largest absolute Gasteiger partial charge is 0.384 e. The van der Waals surface area contributed by atoms with E-state index in [0.29, 0.717) is 0 Å². The molecule has 3 aromatic rings. The molecule has 0 radical (unpaired) electrons. The van der Waals surface area contributed by atoms with Crippen molar-refractivity contribution in [3.8, 4) is 0 Å². The Morgan fingerprint density at radius 3 is 3.11 bits per heavy atom. The van der Waals surface area contributed by atoms with E-state index in [0.717, 1.165) is 23.7 Å². The van der Waals surface area contributed by atoms with Gasteiger partial charge >= 0.3 is 0 Å². The van der Waals surface area contributed by atoms with Gasteiger partial charge < -0.3 is 5.32 Å². The Kier molecular flexibility index (Phi) is 2.09. The van der Waals surface area contributed by atoms with Crippen LogP contribution in [0.15, 0.2) is 36.7 Å². The molecule has 0 amide bonds. The van der Waals surface area contributed by atoms with Crippen LogP contribution in [-0.4, -0.2) is 26.1 Å². The molecule has 0 saturated heterocycles. The minimum absolute atomic E-state index is 0.232. The number of hydrogen-bond donors (Lipinski definition) is 1. The third-order valence-electron chi connectivity index (χ3n) is 3.61. The Morgan fingerprint density at radius 2 is 2.16 bits per heavy atom. The first-order chi connectivity index (χ1) is 9.33. The second-order valence-corrected chi connectivity index (χ2v) is 4.84. The molecule has 1 N–H and O–H groups in total. The van der Waals surface area contributed by atoms with Crippen LogP contribution < -0.4 is 5.32 Å². The van der Waals surface area contributed by atoms with Crippen LogP contribution >= 0.6 is 0 Å². The van der Waals surface area contributed by atoms with Crippen LogP contribution in [0.1, 0.15) is 23.0 Å². The molecule has 4 rings (SSSR count). The lowest BCUT2D eigenvalue weighted by Gasteiger charge is -2.07. The zero-order valence-electron chi connectivity index (χ0n) is 10.5. The van der Waals surface area contributed by atoms with Crippen molar-refractivity contribution in [3.63, 3.8) is 0 Å². The van der Waals surface area contributed by atoms with Crippen molar-refractivity contribution >= 4 is 11.3 Å². The van der Waals surface area contributed by atoms with Gasteiger partial charge in [-0.2, -0.15) is 0 Å². The second-order valence-electron chi connectivity index (χ2n) is 4.84. The number of hydrogen-bond acceptors (Lipinski definition) is 4. The quantitative estimate of drug-likeness (QED) is 0.718. The summed E-state index contributed by atoms with van der Waals surface area (Å²) in [4.78, 5) is 4.33. The first-order valence-corrected chi connectivity index (χ1v) is 6.33. The van der Waals surface area contributed by atoms with E-state index in [2.05, 4.69) is 38.7 Å². The maximum absolute atomic E-state index is 4.35. The molecule has 1 aliphatic heterocycles. The SMILES string of the molecule is Cc1cc2nnc(C3CNc4ccccc43)n2cn1. The summed E-state index contributed by atoms with van der Waals surface area (Å²) in [6, 6.07) is 10.3. The molecule has 0 saturated carbocycles. The van der Waals surface area contributed by atoms with Gasteiger partial charge in [0.15, 0.2) is 5.65 Å². The molecule has 0 fully saturated rings. The Labute approximate surface area is 110 Å². The van der Waals surface area contributed by atoms with Gasteiger partial charge in [-0.15, -0.1) is 10.2 Å². The number of nitrogens with one attached hydrogen (secondary N) is 1. The summed E-state index contributed by atoms with van der Waals surface area (Å²) in [5.74, 6) is 1.18. The highest BCUT2D eigenvalue weighted by Crippen LogP contribution is 2.34. The van der Waals surface area contributed by atoms with Crippen molar-refractivity contribution in [3.05, 3.63) is 53.7 Å². The highest BCUT2D eigenvalue weighted by molar-refractivity contribution is 5.59. The zero-order chi connectivity index (χ0) is 12.8. The van der Waals surface area contributed by atoms with Crippen LogP contribution in [0.4, 0.5) is 5.69 Å². The van der Waals surface area contributed by atoms with E-state index in [-0.39, 0.29) is 5.92 Å². The molecule has 1 aromatic carbocycles. The monoisotopic (exact) mass is 251 g/mol. The molecule has 3 heterocycles. The minimum Gasteiger partial charge on any atom is -0.384 e. The molecule has 0 aliphatic carbocycles. The van der Waals surface area contributed by atoms with E-state index in [1.165, 1.54) is 11.3 Å². The summed E-state index contributed by atoms with van der Waals surface area (Å²) in [7, 11) is 0. The lowest BCUT2D eigenvalue weighted by atomic mass is 10.0. The van der Waals surface area contributed by atoms with E-state index >= 15 is 0 Å². The molecule has 2 aromatic heterocycles. The molecule has 1 unspecified atom stereocenters. The van der Waals surface area contributed by atoms with Crippen LogP contribution in [0.3, 0.4) is 0 Å². The first-order valence-electron chi connectivity index (χ1n) is 6.33. The fourth-order valence-electron chi connectivity index (χ4n) is 2.66. The number of aryl methyl sites for hydroxylation is 1. The van der Waals surface area contributed by atoms with Crippen molar-refractivity contribution in [1.82, 2.24) is 19.6 Å². The fraction of sp³-hybridized carbons (Fsp3) is 0.214. The van der Waals surface area contributed by atoms with E-state index in [4.69, 9.17) is 0 Å². The van der Waals surface area contributed by atoms with Gasteiger partial charge in [-0.05, 0) is 18.6 Å². The van der Waals surface area contributed by atoms with Crippen LogP contribution in [0.25, 0.3) is 5.65 Å². The number of anilines is 1. The van der Waals surface area contributed by atoms with Gasteiger partial charge in [-0.3, -0.25) is 4.40 Å². The van der Waals surface area contributed by atoms with Gasteiger partial charge in [0, 0.05) is 24.0 Å². The fourth-order valence-corrected chi connectivity index (χ4v) is 2.66. The van der Waals surface area contributed by atoms with Crippen LogP contribution in [0, 0.1) is 6.92 Å².